The summed E-state index contributed by atoms with van der Waals surface area (Å²) in [4.78, 5) is 2.17. The van der Waals surface area contributed by atoms with Gasteiger partial charge in [-0.2, -0.15) is 0 Å². The molecule has 2 N–H and O–H groups in total. The maximum Gasteiger partial charge on any atom is 0.0685 e. The Hall–Kier alpha value is -1.58. The van der Waals surface area contributed by atoms with Gasteiger partial charge in [0.1, 0.15) is 0 Å². The maximum absolute atomic E-state index is 9.30. The van der Waals surface area contributed by atoms with Crippen LogP contribution in [0.4, 0.5) is 0 Å². The summed E-state index contributed by atoms with van der Waals surface area (Å²) in [6.45, 7) is 0.710. The number of nitrogens with zero attached hydrogens (tertiary/aromatic N) is 1. The lowest BCUT2D eigenvalue weighted by Gasteiger charge is -2.22. The molecule has 1 aromatic carbocycles. The minimum absolute atomic E-state index is 0.0329. The van der Waals surface area contributed by atoms with Crippen molar-refractivity contribution in [3.8, 4) is 0 Å². The van der Waals surface area contributed by atoms with Crippen LogP contribution in [0.3, 0.4) is 0 Å². The summed E-state index contributed by atoms with van der Waals surface area (Å²) >= 11 is 0. The van der Waals surface area contributed by atoms with Crippen molar-refractivity contribution in [3.63, 3.8) is 0 Å². The molecule has 1 aromatic rings. The van der Waals surface area contributed by atoms with E-state index in [1.165, 1.54) is 5.70 Å². The topological polar surface area (TPSA) is 43.7 Å². The molecule has 0 fully saturated rings. The molecule has 0 amide bonds. The van der Waals surface area contributed by atoms with Crippen LogP contribution in [-0.2, 0) is 19.8 Å². The third-order valence-corrected chi connectivity index (χ3v) is 3.32. The molecule has 0 atom stereocenters. The third kappa shape index (κ3) is 3.46. The van der Waals surface area contributed by atoms with Gasteiger partial charge in [0.15, 0.2) is 0 Å². The minimum Gasteiger partial charge on any atom is -0.392 e. The first kappa shape index (κ1) is 13.8. The van der Waals surface area contributed by atoms with Crippen molar-refractivity contribution in [2.75, 3.05) is 7.05 Å². The Kier molecular flexibility index (Phi) is 4.77. The van der Waals surface area contributed by atoms with Crippen molar-refractivity contribution in [2.45, 2.75) is 26.2 Å². The van der Waals surface area contributed by atoms with Gasteiger partial charge in [-0.05, 0) is 35.6 Å². The van der Waals surface area contributed by atoms with E-state index < -0.39 is 0 Å². The first-order valence-corrected chi connectivity index (χ1v) is 6.48. The summed E-state index contributed by atoms with van der Waals surface area (Å²) in [5.41, 5.74) is 3.90. The van der Waals surface area contributed by atoms with E-state index in [2.05, 4.69) is 29.5 Å². The highest BCUT2D eigenvalue weighted by Crippen LogP contribution is 2.18. The summed E-state index contributed by atoms with van der Waals surface area (Å²) in [6, 6.07) is 5.84. The molecule has 3 heteroatoms. The highest BCUT2D eigenvalue weighted by molar-refractivity contribution is 5.32. The third-order valence-electron chi connectivity index (χ3n) is 3.32. The van der Waals surface area contributed by atoms with Crippen LogP contribution >= 0.6 is 0 Å². The lowest BCUT2D eigenvalue weighted by Crippen LogP contribution is -2.17. The number of benzene rings is 1. The summed E-state index contributed by atoms with van der Waals surface area (Å²) in [5.74, 6) is 0. The average Bonchev–Trinajstić information content (AvgIpc) is 2.48. The van der Waals surface area contributed by atoms with Crippen LogP contribution in [0.15, 0.2) is 42.1 Å². The normalized spacial score (nSPS) is 14.4. The van der Waals surface area contributed by atoms with Crippen molar-refractivity contribution in [3.05, 3.63) is 65.2 Å². The molecule has 0 saturated heterocycles. The van der Waals surface area contributed by atoms with Gasteiger partial charge in [-0.1, -0.05) is 30.4 Å². The predicted molar refractivity (Wildman–Crippen MR) is 75.9 cm³/mol. The number of aliphatic hydroxyl groups excluding tert-OH is 2. The van der Waals surface area contributed by atoms with Crippen molar-refractivity contribution in [1.29, 1.82) is 0 Å². The van der Waals surface area contributed by atoms with E-state index in [0.29, 0.717) is 0 Å². The summed E-state index contributed by atoms with van der Waals surface area (Å²) in [6.07, 6.45) is 9.51. The zero-order chi connectivity index (χ0) is 13.7. The van der Waals surface area contributed by atoms with Gasteiger partial charge in [0.25, 0.3) is 0 Å². The van der Waals surface area contributed by atoms with Crippen LogP contribution in [-0.4, -0.2) is 22.2 Å². The van der Waals surface area contributed by atoms with E-state index in [1.807, 2.05) is 25.2 Å². The Morgan fingerprint density at radius 1 is 1.16 bits per heavy atom. The molecule has 0 aliphatic heterocycles. The highest BCUT2D eigenvalue weighted by atomic mass is 16.3. The second-order valence-corrected chi connectivity index (χ2v) is 4.74. The van der Waals surface area contributed by atoms with Gasteiger partial charge in [0.05, 0.1) is 13.2 Å². The molecule has 0 saturated carbocycles. The fourth-order valence-corrected chi connectivity index (χ4v) is 2.21. The van der Waals surface area contributed by atoms with E-state index >= 15 is 0 Å². The smallest absolute Gasteiger partial charge is 0.0685 e. The zero-order valence-electron chi connectivity index (χ0n) is 11.2. The molecule has 0 bridgehead atoms. The number of likely N-dealkylation sites (N-methyl/N-ethyl adjacent to an activating group) is 1. The van der Waals surface area contributed by atoms with E-state index in [1.54, 1.807) is 0 Å². The number of hydrogen-bond acceptors (Lipinski definition) is 3. The van der Waals surface area contributed by atoms with Crippen LogP contribution in [0, 0.1) is 6.42 Å². The Morgan fingerprint density at radius 3 is 2.58 bits per heavy atom. The zero-order valence-corrected chi connectivity index (χ0v) is 11.2. The maximum atomic E-state index is 9.30. The van der Waals surface area contributed by atoms with Crippen molar-refractivity contribution < 1.29 is 10.2 Å². The van der Waals surface area contributed by atoms with Gasteiger partial charge in [-0.3, -0.25) is 0 Å². The Bertz CT molecular complexity index is 492. The second-order valence-electron chi connectivity index (χ2n) is 4.74. The molecule has 1 aliphatic rings. The fourth-order valence-electron chi connectivity index (χ4n) is 2.21. The molecule has 0 heterocycles. The van der Waals surface area contributed by atoms with Gasteiger partial charge in [0, 0.05) is 19.3 Å². The molecule has 3 nitrogen and oxygen atoms in total. The fraction of sp³-hybridized carbons (Fsp3) is 0.312. The number of rotatable bonds is 5. The molecule has 1 aliphatic carbocycles. The lowest BCUT2D eigenvalue weighted by molar-refractivity contribution is 0.259. The molecule has 2 rings (SSSR count). The van der Waals surface area contributed by atoms with Crippen LogP contribution in [0.2, 0.25) is 0 Å². The summed E-state index contributed by atoms with van der Waals surface area (Å²) in [5, 5.41) is 18.5. The molecule has 101 valence electrons. The largest absolute Gasteiger partial charge is 0.392 e. The number of hydrogen-bond donors (Lipinski definition) is 2. The molecular formula is C16H20NO2. The van der Waals surface area contributed by atoms with Crippen molar-refractivity contribution in [2.24, 2.45) is 0 Å². The number of allylic oxidation sites excluding steroid dienone is 3. The first-order valence-electron chi connectivity index (χ1n) is 6.48. The number of aliphatic hydroxyl groups is 2. The molecule has 1 radical (unpaired) electrons. The summed E-state index contributed by atoms with van der Waals surface area (Å²) in [7, 11) is 2.05. The quantitative estimate of drug-likeness (QED) is 0.850. The predicted octanol–water partition coefficient (Wildman–Crippen LogP) is 2.15. The van der Waals surface area contributed by atoms with E-state index in [0.717, 1.165) is 29.7 Å². The lowest BCUT2D eigenvalue weighted by atomic mass is 10.0. The molecule has 19 heavy (non-hydrogen) atoms. The Balaban J connectivity index is 2.10. The second kappa shape index (κ2) is 6.55. The van der Waals surface area contributed by atoms with E-state index in [9.17, 15) is 10.2 Å². The molecule has 0 spiro atoms. The van der Waals surface area contributed by atoms with Crippen molar-refractivity contribution in [1.82, 2.24) is 4.90 Å². The average molecular weight is 258 g/mol. The molecule has 0 unspecified atom stereocenters. The molecular weight excluding hydrogens is 238 g/mol. The highest BCUT2D eigenvalue weighted by Gasteiger charge is 2.07. The van der Waals surface area contributed by atoms with Gasteiger partial charge in [-0.25, -0.2) is 0 Å². The van der Waals surface area contributed by atoms with E-state index in [-0.39, 0.29) is 13.2 Å². The van der Waals surface area contributed by atoms with E-state index in [4.69, 9.17) is 0 Å². The van der Waals surface area contributed by atoms with Crippen molar-refractivity contribution >= 4 is 0 Å². The van der Waals surface area contributed by atoms with Gasteiger partial charge in [-0.15, -0.1) is 0 Å². The van der Waals surface area contributed by atoms with Gasteiger partial charge in [0.2, 0.25) is 0 Å². The molecule has 0 aromatic heterocycles. The van der Waals surface area contributed by atoms with Crippen LogP contribution < -0.4 is 0 Å². The Labute approximate surface area is 114 Å². The minimum atomic E-state index is -0.0379. The first-order chi connectivity index (χ1) is 9.24. The Morgan fingerprint density at radius 2 is 1.95 bits per heavy atom. The standard InChI is InChI=1S/C16H20NO2/c1-17(16-5-3-2-4-6-16)10-13-7-8-14(11-18)15(9-13)12-19/h3-9,18-19H,2,10-12H2,1H3. The van der Waals surface area contributed by atoms with Crippen LogP contribution in [0.1, 0.15) is 23.1 Å². The summed E-state index contributed by atoms with van der Waals surface area (Å²) < 4.78 is 0. The van der Waals surface area contributed by atoms with Crippen LogP contribution in [0.25, 0.3) is 0 Å². The monoisotopic (exact) mass is 258 g/mol. The van der Waals surface area contributed by atoms with Crippen LogP contribution in [0.5, 0.6) is 0 Å². The van der Waals surface area contributed by atoms with Gasteiger partial charge >= 0.3 is 0 Å². The SMILES string of the molecule is CN(Cc1ccc(CO)c(CO)c1)C1=C[CH]CC=C1. The van der Waals surface area contributed by atoms with Gasteiger partial charge < -0.3 is 15.1 Å².